The van der Waals surface area contributed by atoms with Gasteiger partial charge < -0.3 is 5.32 Å². The molecule has 2 aromatic rings. The molecule has 6 nitrogen and oxygen atoms in total. The van der Waals surface area contributed by atoms with E-state index >= 15 is 0 Å². The molecule has 2 amide bonds. The second-order valence-electron chi connectivity index (χ2n) is 6.38. The molecule has 27 heavy (non-hydrogen) atoms. The first-order valence-electron chi connectivity index (χ1n) is 8.95. The van der Waals surface area contributed by atoms with Gasteiger partial charge in [0.05, 0.1) is 11.4 Å². The lowest BCUT2D eigenvalue weighted by Crippen LogP contribution is -2.29. The highest BCUT2D eigenvalue weighted by Crippen LogP contribution is 2.26. The van der Waals surface area contributed by atoms with E-state index in [-0.39, 0.29) is 23.8 Å². The molecule has 0 atom stereocenters. The average Bonchev–Trinajstić information content (AvgIpc) is 2.94. The van der Waals surface area contributed by atoms with Crippen LogP contribution in [0.25, 0.3) is 0 Å². The van der Waals surface area contributed by atoms with Gasteiger partial charge in [-0.05, 0) is 48.2 Å². The Kier molecular flexibility index (Phi) is 5.32. The number of carbonyl (C=O) groups excluding carboxylic acids is 2. The van der Waals surface area contributed by atoms with Crippen LogP contribution in [0, 0.1) is 0 Å². The molecule has 2 aromatic carbocycles. The maximum absolute atomic E-state index is 12.7. The molecular formula is C20H22N2O4S. The molecular weight excluding hydrogens is 364 g/mol. The second kappa shape index (κ2) is 7.52. The van der Waals surface area contributed by atoms with Gasteiger partial charge in [0.25, 0.3) is 5.91 Å². The summed E-state index contributed by atoms with van der Waals surface area (Å²) in [5, 5.41) is 2.97. The minimum atomic E-state index is -3.61. The Morgan fingerprint density at radius 1 is 1.04 bits per heavy atom. The number of amides is 2. The quantitative estimate of drug-likeness (QED) is 0.856. The summed E-state index contributed by atoms with van der Waals surface area (Å²) < 4.78 is 24.8. The Morgan fingerprint density at radius 3 is 2.11 bits per heavy atom. The first-order valence-corrected chi connectivity index (χ1v) is 10.6. The van der Waals surface area contributed by atoms with E-state index in [0.29, 0.717) is 5.56 Å². The van der Waals surface area contributed by atoms with Crippen molar-refractivity contribution < 1.29 is 18.0 Å². The Balaban J connectivity index is 1.85. The monoisotopic (exact) mass is 386 g/mol. The van der Waals surface area contributed by atoms with Gasteiger partial charge in [0.2, 0.25) is 15.9 Å². The van der Waals surface area contributed by atoms with E-state index in [2.05, 4.69) is 5.32 Å². The van der Waals surface area contributed by atoms with Crippen molar-refractivity contribution in [1.29, 1.82) is 0 Å². The molecule has 1 aliphatic heterocycles. The lowest BCUT2D eigenvalue weighted by molar-refractivity contribution is -0.116. The standard InChI is InChI=1S/C20H22N2O4S/c1-3-14-6-5-7-15(4-2)19(14)21-20(24)16-8-10-17(11-9-16)22-18(23)12-13-27(22,25)26/h5-11H,3-4,12-13H2,1-2H3,(H,21,24). The zero-order valence-electron chi connectivity index (χ0n) is 15.4. The maximum atomic E-state index is 12.7. The first-order chi connectivity index (χ1) is 12.9. The number of hydrogen-bond donors (Lipinski definition) is 1. The van der Waals surface area contributed by atoms with Crippen LogP contribution in [0.4, 0.5) is 11.4 Å². The first kappa shape index (κ1) is 19.1. The van der Waals surface area contributed by atoms with Gasteiger partial charge in [-0.3, -0.25) is 9.59 Å². The Bertz CT molecular complexity index is 959. The minimum Gasteiger partial charge on any atom is -0.321 e. The molecule has 3 rings (SSSR count). The Labute approximate surface area is 159 Å². The van der Waals surface area contributed by atoms with Crippen LogP contribution in [0.3, 0.4) is 0 Å². The molecule has 0 radical (unpaired) electrons. The van der Waals surface area contributed by atoms with Crippen molar-refractivity contribution in [3.63, 3.8) is 0 Å². The predicted octanol–water partition coefficient (Wildman–Crippen LogP) is 3.13. The smallest absolute Gasteiger partial charge is 0.255 e. The topological polar surface area (TPSA) is 83.6 Å². The van der Waals surface area contributed by atoms with Gasteiger partial charge in [-0.2, -0.15) is 0 Å². The molecule has 1 aliphatic rings. The van der Waals surface area contributed by atoms with E-state index < -0.39 is 15.9 Å². The molecule has 0 saturated carbocycles. The maximum Gasteiger partial charge on any atom is 0.255 e. The molecule has 142 valence electrons. The summed E-state index contributed by atoms with van der Waals surface area (Å²) in [5.74, 6) is -0.897. The molecule has 1 saturated heterocycles. The predicted molar refractivity (Wildman–Crippen MR) is 105 cm³/mol. The summed E-state index contributed by atoms with van der Waals surface area (Å²) in [6.07, 6.45) is 1.59. The van der Waals surface area contributed by atoms with Crippen LogP contribution in [0.5, 0.6) is 0 Å². The normalized spacial score (nSPS) is 15.8. The van der Waals surface area contributed by atoms with Crippen molar-refractivity contribution in [2.24, 2.45) is 0 Å². The van der Waals surface area contributed by atoms with Crippen molar-refractivity contribution in [2.45, 2.75) is 33.1 Å². The lowest BCUT2D eigenvalue weighted by atomic mass is 10.0. The van der Waals surface area contributed by atoms with Gasteiger partial charge in [-0.1, -0.05) is 32.0 Å². The van der Waals surface area contributed by atoms with Gasteiger partial charge in [0.1, 0.15) is 0 Å². The molecule has 0 bridgehead atoms. The number of nitrogens with zero attached hydrogens (tertiary/aromatic N) is 1. The van der Waals surface area contributed by atoms with Gasteiger partial charge in [-0.15, -0.1) is 0 Å². The number of carbonyl (C=O) groups is 2. The van der Waals surface area contributed by atoms with Crippen LogP contribution < -0.4 is 9.62 Å². The third kappa shape index (κ3) is 3.73. The van der Waals surface area contributed by atoms with Gasteiger partial charge in [-0.25, -0.2) is 12.7 Å². The zero-order chi connectivity index (χ0) is 19.6. The molecule has 1 N–H and O–H groups in total. The van der Waals surface area contributed by atoms with Crippen LogP contribution in [0.15, 0.2) is 42.5 Å². The molecule has 0 unspecified atom stereocenters. The number of para-hydroxylation sites is 1. The number of sulfonamides is 1. The summed E-state index contributed by atoms with van der Waals surface area (Å²) in [6, 6.07) is 12.0. The fourth-order valence-electron chi connectivity index (χ4n) is 3.21. The van der Waals surface area contributed by atoms with Crippen molar-refractivity contribution in [3.8, 4) is 0 Å². The summed E-state index contributed by atoms with van der Waals surface area (Å²) in [7, 11) is -3.61. The third-order valence-electron chi connectivity index (χ3n) is 4.68. The van der Waals surface area contributed by atoms with E-state index in [4.69, 9.17) is 0 Å². The van der Waals surface area contributed by atoms with E-state index in [1.54, 1.807) is 0 Å². The van der Waals surface area contributed by atoms with Crippen molar-refractivity contribution >= 4 is 33.2 Å². The van der Waals surface area contributed by atoms with Crippen LogP contribution in [0.2, 0.25) is 0 Å². The molecule has 1 fully saturated rings. The van der Waals surface area contributed by atoms with Gasteiger partial charge in [0.15, 0.2) is 0 Å². The number of hydrogen-bond acceptors (Lipinski definition) is 4. The summed E-state index contributed by atoms with van der Waals surface area (Å²) in [5.41, 5.74) is 3.61. The highest BCUT2D eigenvalue weighted by molar-refractivity contribution is 7.94. The fourth-order valence-corrected chi connectivity index (χ4v) is 4.67. The largest absolute Gasteiger partial charge is 0.321 e. The van der Waals surface area contributed by atoms with Crippen LogP contribution >= 0.6 is 0 Å². The van der Waals surface area contributed by atoms with E-state index in [9.17, 15) is 18.0 Å². The summed E-state index contributed by atoms with van der Waals surface area (Å²) >= 11 is 0. The van der Waals surface area contributed by atoms with Gasteiger partial charge in [0, 0.05) is 17.7 Å². The fraction of sp³-hybridized carbons (Fsp3) is 0.300. The lowest BCUT2D eigenvalue weighted by Gasteiger charge is -2.16. The number of rotatable bonds is 5. The van der Waals surface area contributed by atoms with E-state index in [1.807, 2.05) is 32.0 Å². The Morgan fingerprint density at radius 2 is 1.63 bits per heavy atom. The molecule has 0 spiro atoms. The van der Waals surface area contributed by atoms with Crippen molar-refractivity contribution in [1.82, 2.24) is 0 Å². The summed E-state index contributed by atoms with van der Waals surface area (Å²) in [4.78, 5) is 24.5. The van der Waals surface area contributed by atoms with Crippen LogP contribution in [0.1, 0.15) is 41.8 Å². The summed E-state index contributed by atoms with van der Waals surface area (Å²) in [6.45, 7) is 4.07. The van der Waals surface area contributed by atoms with E-state index in [0.717, 1.165) is 34.0 Å². The molecule has 1 heterocycles. The van der Waals surface area contributed by atoms with Crippen LogP contribution in [-0.2, 0) is 27.7 Å². The highest BCUT2D eigenvalue weighted by Gasteiger charge is 2.36. The Hall–Kier alpha value is -2.67. The average molecular weight is 386 g/mol. The number of anilines is 2. The van der Waals surface area contributed by atoms with E-state index in [1.165, 1.54) is 24.3 Å². The molecule has 7 heteroatoms. The second-order valence-corrected chi connectivity index (χ2v) is 8.32. The third-order valence-corrected chi connectivity index (χ3v) is 6.37. The molecule has 0 aliphatic carbocycles. The van der Waals surface area contributed by atoms with Gasteiger partial charge >= 0.3 is 0 Å². The SMILES string of the molecule is CCc1cccc(CC)c1NC(=O)c1ccc(N2C(=O)CCS2(=O)=O)cc1. The van der Waals surface area contributed by atoms with Crippen LogP contribution in [-0.4, -0.2) is 26.0 Å². The number of benzene rings is 2. The minimum absolute atomic E-state index is 0.0157. The molecule has 0 aromatic heterocycles. The number of nitrogens with one attached hydrogen (secondary N) is 1. The van der Waals surface area contributed by atoms with Crippen molar-refractivity contribution in [3.05, 3.63) is 59.2 Å². The zero-order valence-corrected chi connectivity index (χ0v) is 16.2. The number of aryl methyl sites for hydroxylation is 2. The highest BCUT2D eigenvalue weighted by atomic mass is 32.2. The van der Waals surface area contributed by atoms with Crippen molar-refractivity contribution in [2.75, 3.05) is 15.4 Å².